The van der Waals surface area contributed by atoms with Gasteiger partial charge in [-0.3, -0.25) is 9.59 Å². The van der Waals surface area contributed by atoms with Crippen LogP contribution in [0.15, 0.2) is 23.2 Å². The maximum atomic E-state index is 12.8. The van der Waals surface area contributed by atoms with Gasteiger partial charge in [-0.2, -0.15) is 4.31 Å². The van der Waals surface area contributed by atoms with E-state index in [-0.39, 0.29) is 35.7 Å². The van der Waals surface area contributed by atoms with Crippen LogP contribution in [-0.4, -0.2) is 54.6 Å². The van der Waals surface area contributed by atoms with Crippen LogP contribution in [0.3, 0.4) is 0 Å². The molecule has 1 aliphatic heterocycles. The number of rotatable bonds is 6. The third-order valence-corrected chi connectivity index (χ3v) is 6.21. The van der Waals surface area contributed by atoms with Crippen molar-refractivity contribution in [2.75, 3.05) is 13.1 Å². The topological polar surface area (TPSA) is 122 Å². The molecule has 0 aromatic carbocycles. The molecule has 1 fully saturated rings. The lowest BCUT2D eigenvalue weighted by Gasteiger charge is -2.20. The Labute approximate surface area is 160 Å². The lowest BCUT2D eigenvalue weighted by atomic mass is 10.0. The van der Waals surface area contributed by atoms with Crippen LogP contribution in [0.4, 0.5) is 0 Å². The predicted molar refractivity (Wildman–Crippen MR) is 101 cm³/mol. The summed E-state index contributed by atoms with van der Waals surface area (Å²) < 4.78 is 26.7. The minimum atomic E-state index is -3.86. The highest BCUT2D eigenvalue weighted by atomic mass is 32.2. The molecule has 0 saturated carbocycles. The molecule has 0 spiro atoms. The van der Waals surface area contributed by atoms with Crippen LogP contribution in [0.5, 0.6) is 0 Å². The van der Waals surface area contributed by atoms with Crippen LogP contribution in [0.1, 0.15) is 38.8 Å². The summed E-state index contributed by atoms with van der Waals surface area (Å²) in [6.07, 6.45) is 1.36. The van der Waals surface area contributed by atoms with E-state index < -0.39 is 22.1 Å². The summed E-state index contributed by atoms with van der Waals surface area (Å²) in [7, 11) is -3.86. The van der Waals surface area contributed by atoms with E-state index in [1.807, 2.05) is 13.8 Å². The first-order valence-corrected chi connectivity index (χ1v) is 10.6. The van der Waals surface area contributed by atoms with E-state index in [1.165, 1.54) is 6.07 Å². The number of Topliss-reactive ketones (excluding diaryl/α,β-unsaturated/α-hetero) is 1. The number of hydrogen-bond acceptors (Lipinski definition) is 6. The Bertz CT molecular complexity index is 794. The number of pyridine rings is 1. The highest BCUT2D eigenvalue weighted by molar-refractivity contribution is 7.89. The third kappa shape index (κ3) is 5.57. The van der Waals surface area contributed by atoms with Crippen molar-refractivity contribution in [2.24, 2.45) is 11.7 Å². The largest absolute Gasteiger partial charge is 0.345 e. The van der Waals surface area contributed by atoms with Crippen LogP contribution in [0.25, 0.3) is 0 Å². The number of hydrogen-bond donors (Lipinski definition) is 2. The van der Waals surface area contributed by atoms with Crippen LogP contribution in [-0.2, 0) is 19.6 Å². The van der Waals surface area contributed by atoms with E-state index in [1.54, 1.807) is 19.1 Å². The molecule has 1 unspecified atom stereocenters. The quantitative estimate of drug-likeness (QED) is 0.726. The maximum Gasteiger partial charge on any atom is 0.260 e. The minimum Gasteiger partial charge on any atom is -0.345 e. The van der Waals surface area contributed by atoms with Crippen LogP contribution < -0.4 is 11.1 Å². The van der Waals surface area contributed by atoms with Crippen LogP contribution in [0.2, 0.25) is 0 Å². The number of nitrogens with two attached hydrogens (primary N) is 1. The molecular formula is C18H28N4O4S. The molecule has 9 heteroatoms. The Kier molecular flexibility index (Phi) is 7.07. The highest BCUT2D eigenvalue weighted by Gasteiger charge is 2.34. The molecule has 27 heavy (non-hydrogen) atoms. The summed E-state index contributed by atoms with van der Waals surface area (Å²) in [6, 6.07) is 3.34. The monoisotopic (exact) mass is 396 g/mol. The molecular weight excluding hydrogens is 368 g/mol. The maximum absolute atomic E-state index is 12.8. The number of aromatic nitrogens is 1. The fourth-order valence-electron chi connectivity index (χ4n) is 3.04. The molecule has 2 rings (SSSR count). The van der Waals surface area contributed by atoms with Crippen molar-refractivity contribution >= 4 is 21.7 Å². The number of sulfonamides is 1. The standard InChI is InChI=1S/C18H28N4O4S/c1-12(2)10-14(19)18(24)21-15-7-5-9-22(11-16(15)23)27(25,26)17-8-4-6-13(3)20-17/h4,6,8,12,14-15H,5,7,9-11,19H2,1-3H3,(H,21,24)/t14-,15?/m0/s1. The second kappa shape index (κ2) is 8.90. The van der Waals surface area contributed by atoms with Gasteiger partial charge in [-0.05, 0) is 44.2 Å². The van der Waals surface area contributed by atoms with Crippen molar-refractivity contribution in [2.45, 2.75) is 57.1 Å². The molecule has 8 nitrogen and oxygen atoms in total. The molecule has 1 saturated heterocycles. The normalized spacial score (nSPS) is 20.3. The fourth-order valence-corrected chi connectivity index (χ4v) is 4.48. The molecule has 1 amide bonds. The Morgan fingerprint density at radius 1 is 1.41 bits per heavy atom. The first-order chi connectivity index (χ1) is 12.6. The zero-order valence-electron chi connectivity index (χ0n) is 16.0. The van der Waals surface area contributed by atoms with Crippen molar-refractivity contribution < 1.29 is 18.0 Å². The first kappa shape index (κ1) is 21.5. The van der Waals surface area contributed by atoms with Gasteiger partial charge in [0.25, 0.3) is 10.0 Å². The number of ketones is 1. The number of amides is 1. The second-order valence-corrected chi connectivity index (χ2v) is 9.25. The highest BCUT2D eigenvalue weighted by Crippen LogP contribution is 2.18. The van der Waals surface area contributed by atoms with Gasteiger partial charge in [0.05, 0.1) is 18.6 Å². The van der Waals surface area contributed by atoms with Gasteiger partial charge in [0, 0.05) is 12.2 Å². The van der Waals surface area contributed by atoms with Gasteiger partial charge in [-0.25, -0.2) is 13.4 Å². The number of aryl methyl sites for hydroxylation is 1. The van der Waals surface area contributed by atoms with E-state index >= 15 is 0 Å². The molecule has 0 bridgehead atoms. The van der Waals surface area contributed by atoms with Gasteiger partial charge in [0.1, 0.15) is 0 Å². The van der Waals surface area contributed by atoms with Crippen molar-refractivity contribution in [1.29, 1.82) is 0 Å². The Morgan fingerprint density at radius 2 is 2.11 bits per heavy atom. The summed E-state index contributed by atoms with van der Waals surface area (Å²) in [4.78, 5) is 28.8. The summed E-state index contributed by atoms with van der Waals surface area (Å²) in [5.41, 5.74) is 6.45. The van der Waals surface area contributed by atoms with Gasteiger partial charge >= 0.3 is 0 Å². The summed E-state index contributed by atoms with van der Waals surface area (Å²) in [5, 5.41) is 2.61. The SMILES string of the molecule is Cc1cccc(S(=O)(=O)N2CCCC(NC(=O)[C@@H](N)CC(C)C)C(=O)C2)n1. The molecule has 0 radical (unpaired) electrons. The summed E-state index contributed by atoms with van der Waals surface area (Å²) in [6.45, 7) is 5.55. The number of nitrogens with zero attached hydrogens (tertiary/aromatic N) is 2. The average Bonchev–Trinajstić information content (AvgIpc) is 2.76. The lowest BCUT2D eigenvalue weighted by Crippen LogP contribution is -2.50. The fraction of sp³-hybridized carbons (Fsp3) is 0.611. The number of carbonyl (C=O) groups is 2. The molecule has 0 aliphatic carbocycles. The van der Waals surface area contributed by atoms with Gasteiger partial charge < -0.3 is 11.1 Å². The molecule has 3 N–H and O–H groups in total. The number of carbonyl (C=O) groups excluding carboxylic acids is 2. The van der Waals surface area contributed by atoms with E-state index in [0.29, 0.717) is 25.0 Å². The molecule has 1 aromatic heterocycles. The Hall–Kier alpha value is -1.84. The Balaban J connectivity index is 2.08. The molecule has 1 aromatic rings. The van der Waals surface area contributed by atoms with Crippen molar-refractivity contribution in [3.8, 4) is 0 Å². The third-order valence-electron chi connectivity index (χ3n) is 4.47. The van der Waals surface area contributed by atoms with E-state index in [2.05, 4.69) is 10.3 Å². The molecule has 1 aliphatic rings. The van der Waals surface area contributed by atoms with E-state index in [0.717, 1.165) is 4.31 Å². The second-order valence-electron chi connectivity index (χ2n) is 7.36. The zero-order chi connectivity index (χ0) is 20.2. The molecule has 2 atom stereocenters. The van der Waals surface area contributed by atoms with Gasteiger partial charge in [-0.1, -0.05) is 19.9 Å². The molecule has 2 heterocycles. The van der Waals surface area contributed by atoms with Gasteiger partial charge in [0.15, 0.2) is 10.8 Å². The van der Waals surface area contributed by atoms with E-state index in [9.17, 15) is 18.0 Å². The smallest absolute Gasteiger partial charge is 0.260 e. The van der Waals surface area contributed by atoms with Gasteiger partial charge in [0.2, 0.25) is 5.91 Å². The zero-order valence-corrected chi connectivity index (χ0v) is 16.8. The van der Waals surface area contributed by atoms with Crippen LogP contribution in [0, 0.1) is 12.8 Å². The van der Waals surface area contributed by atoms with Crippen molar-refractivity contribution in [3.63, 3.8) is 0 Å². The Morgan fingerprint density at radius 3 is 2.74 bits per heavy atom. The van der Waals surface area contributed by atoms with Gasteiger partial charge in [-0.15, -0.1) is 0 Å². The first-order valence-electron chi connectivity index (χ1n) is 9.13. The lowest BCUT2D eigenvalue weighted by molar-refractivity contribution is -0.128. The average molecular weight is 397 g/mol. The molecule has 150 valence electrons. The van der Waals surface area contributed by atoms with E-state index in [4.69, 9.17) is 5.73 Å². The summed E-state index contributed by atoms with van der Waals surface area (Å²) in [5.74, 6) is -0.453. The summed E-state index contributed by atoms with van der Waals surface area (Å²) >= 11 is 0. The van der Waals surface area contributed by atoms with Crippen LogP contribution >= 0.6 is 0 Å². The minimum absolute atomic E-state index is 0.0725. The van der Waals surface area contributed by atoms with Crippen molar-refractivity contribution in [3.05, 3.63) is 23.9 Å². The van der Waals surface area contributed by atoms with Crippen molar-refractivity contribution in [1.82, 2.24) is 14.6 Å². The predicted octanol–water partition coefficient (Wildman–Crippen LogP) is 0.602. The number of nitrogens with one attached hydrogen (secondary N) is 1.